The molecule has 0 bridgehead atoms. The number of fused-ring (bicyclic) bond motifs is 1. The Kier molecular flexibility index (Phi) is 5.52. The molecule has 29 heavy (non-hydrogen) atoms. The number of ether oxygens (including phenoxy) is 1. The summed E-state index contributed by atoms with van der Waals surface area (Å²) < 4.78 is 5.12. The molecule has 0 saturated carbocycles. The van der Waals surface area contributed by atoms with Gasteiger partial charge in [-0.15, -0.1) is 0 Å². The lowest BCUT2D eigenvalue weighted by Gasteiger charge is -2.19. The Morgan fingerprint density at radius 3 is 2.00 bits per heavy atom. The maximum Gasteiger partial charge on any atom is 0.340 e. The fourth-order valence-corrected chi connectivity index (χ4v) is 3.05. The zero-order valence-corrected chi connectivity index (χ0v) is 17.4. The van der Waals surface area contributed by atoms with Crippen molar-refractivity contribution in [3.05, 3.63) is 63.1 Å². The van der Waals surface area contributed by atoms with E-state index < -0.39 is 29.8 Å². The fraction of sp³-hybridized carbons (Fsp3) is 0.238. The van der Waals surface area contributed by atoms with Crippen LogP contribution in [0.15, 0.2) is 36.4 Å². The Labute approximate surface area is 177 Å². The van der Waals surface area contributed by atoms with Gasteiger partial charge in [0.25, 0.3) is 11.8 Å². The number of para-hydroxylation sites is 1. The lowest BCUT2D eigenvalue weighted by molar-refractivity contribution is -0.129. The Morgan fingerprint density at radius 1 is 0.966 bits per heavy atom. The fourth-order valence-electron chi connectivity index (χ4n) is 2.72. The third-order valence-electron chi connectivity index (χ3n) is 4.46. The molecular formula is C21H17Cl2NO5. The molecule has 8 heteroatoms. The number of hydrogen-bond donors (Lipinski definition) is 0. The van der Waals surface area contributed by atoms with Gasteiger partial charge >= 0.3 is 5.97 Å². The first-order valence-electron chi connectivity index (χ1n) is 8.69. The van der Waals surface area contributed by atoms with E-state index in [-0.39, 0.29) is 38.2 Å². The SMILES string of the molecule is CC(C)(C)C(=O)COC(=O)c1ccccc1N1C(=O)c2cc(Cl)c(Cl)cc2C1=O. The van der Waals surface area contributed by atoms with Gasteiger partial charge in [0.2, 0.25) is 0 Å². The molecule has 0 unspecified atom stereocenters. The average molecular weight is 434 g/mol. The van der Waals surface area contributed by atoms with E-state index in [1.54, 1.807) is 32.9 Å². The summed E-state index contributed by atoms with van der Waals surface area (Å²) in [4.78, 5) is 51.2. The Hall–Kier alpha value is -2.70. The highest BCUT2D eigenvalue weighted by Gasteiger charge is 2.39. The number of benzene rings is 2. The number of anilines is 1. The number of imide groups is 1. The molecule has 0 atom stereocenters. The van der Waals surface area contributed by atoms with Gasteiger partial charge in [-0.3, -0.25) is 14.4 Å². The predicted octanol–water partition coefficient (Wildman–Crippen LogP) is 4.57. The van der Waals surface area contributed by atoms with Crippen LogP contribution in [0.4, 0.5) is 5.69 Å². The highest BCUT2D eigenvalue weighted by Crippen LogP contribution is 2.35. The molecule has 0 N–H and O–H groups in total. The van der Waals surface area contributed by atoms with Crippen molar-refractivity contribution >= 4 is 52.5 Å². The summed E-state index contributed by atoms with van der Waals surface area (Å²) in [5.41, 5.74) is -0.438. The van der Waals surface area contributed by atoms with Crippen molar-refractivity contribution in [1.82, 2.24) is 0 Å². The van der Waals surface area contributed by atoms with Crippen LogP contribution in [-0.4, -0.2) is 30.2 Å². The second-order valence-corrected chi connectivity index (χ2v) is 8.34. The topological polar surface area (TPSA) is 80.8 Å². The molecule has 3 rings (SSSR count). The number of carbonyl (C=O) groups is 4. The second kappa shape index (κ2) is 7.61. The number of esters is 1. The molecule has 2 amide bonds. The van der Waals surface area contributed by atoms with Crippen LogP contribution in [-0.2, 0) is 9.53 Å². The molecule has 0 radical (unpaired) electrons. The van der Waals surface area contributed by atoms with Crippen LogP contribution in [0.5, 0.6) is 0 Å². The van der Waals surface area contributed by atoms with Crippen molar-refractivity contribution in [2.75, 3.05) is 11.5 Å². The Morgan fingerprint density at radius 2 is 1.48 bits per heavy atom. The lowest BCUT2D eigenvalue weighted by atomic mass is 9.91. The van der Waals surface area contributed by atoms with Crippen molar-refractivity contribution in [3.8, 4) is 0 Å². The van der Waals surface area contributed by atoms with Crippen LogP contribution < -0.4 is 4.90 Å². The normalized spacial score (nSPS) is 13.5. The zero-order chi connectivity index (χ0) is 21.5. The van der Waals surface area contributed by atoms with Crippen molar-refractivity contribution < 1.29 is 23.9 Å². The van der Waals surface area contributed by atoms with Crippen molar-refractivity contribution in [3.63, 3.8) is 0 Å². The molecule has 1 heterocycles. The van der Waals surface area contributed by atoms with Crippen LogP contribution in [0.2, 0.25) is 10.0 Å². The van der Waals surface area contributed by atoms with Crippen molar-refractivity contribution in [2.24, 2.45) is 5.41 Å². The largest absolute Gasteiger partial charge is 0.454 e. The van der Waals surface area contributed by atoms with Crippen LogP contribution >= 0.6 is 23.2 Å². The first-order valence-corrected chi connectivity index (χ1v) is 9.45. The van der Waals surface area contributed by atoms with E-state index in [0.29, 0.717) is 0 Å². The number of ketones is 1. The molecular weight excluding hydrogens is 417 g/mol. The molecule has 150 valence electrons. The number of hydrogen-bond acceptors (Lipinski definition) is 5. The van der Waals surface area contributed by atoms with Gasteiger partial charge in [-0.2, -0.15) is 0 Å². The summed E-state index contributed by atoms with van der Waals surface area (Å²) in [5, 5.41) is 0.281. The minimum absolute atomic E-state index is 0.0130. The molecule has 1 aliphatic rings. The summed E-state index contributed by atoms with van der Waals surface area (Å²) in [7, 11) is 0. The molecule has 0 fully saturated rings. The maximum atomic E-state index is 12.8. The number of amides is 2. The first-order chi connectivity index (χ1) is 13.5. The molecule has 0 spiro atoms. The number of carbonyl (C=O) groups excluding carboxylic acids is 4. The number of nitrogens with zero attached hydrogens (tertiary/aromatic N) is 1. The van der Waals surface area contributed by atoms with E-state index in [2.05, 4.69) is 0 Å². The van der Waals surface area contributed by atoms with Gasteiger partial charge in [0.1, 0.15) is 0 Å². The van der Waals surface area contributed by atoms with Crippen molar-refractivity contribution in [2.45, 2.75) is 20.8 Å². The third kappa shape index (κ3) is 3.91. The number of Topliss-reactive ketones (excluding diaryl/α,β-unsaturated/α-hetero) is 1. The number of rotatable bonds is 4. The third-order valence-corrected chi connectivity index (χ3v) is 5.19. The lowest BCUT2D eigenvalue weighted by Crippen LogP contribution is -2.31. The molecule has 2 aromatic carbocycles. The molecule has 0 saturated heterocycles. The van der Waals surface area contributed by atoms with E-state index in [9.17, 15) is 19.2 Å². The summed E-state index contributed by atoms with van der Waals surface area (Å²) >= 11 is 11.9. The Balaban J connectivity index is 1.93. The standard InChI is InChI=1S/C21H17Cl2NO5/c1-21(2,3)17(25)10-29-20(28)11-6-4-5-7-16(11)24-18(26)12-8-14(22)15(23)9-13(12)19(24)27/h4-9H,10H2,1-3H3. The summed E-state index contributed by atoms with van der Waals surface area (Å²) in [6, 6.07) is 8.66. The van der Waals surface area contributed by atoms with E-state index in [1.807, 2.05) is 0 Å². The van der Waals surface area contributed by atoms with Gasteiger partial charge in [0.15, 0.2) is 12.4 Å². The molecule has 2 aromatic rings. The number of halogens is 2. The second-order valence-electron chi connectivity index (χ2n) is 7.52. The highest BCUT2D eigenvalue weighted by atomic mass is 35.5. The molecule has 1 aliphatic heterocycles. The average Bonchev–Trinajstić information content (AvgIpc) is 2.89. The monoisotopic (exact) mass is 433 g/mol. The summed E-state index contributed by atoms with van der Waals surface area (Å²) in [5.74, 6) is -2.33. The van der Waals surface area contributed by atoms with Gasteiger partial charge in [0.05, 0.1) is 32.4 Å². The Bertz CT molecular complexity index is 1010. The maximum absolute atomic E-state index is 12.8. The smallest absolute Gasteiger partial charge is 0.340 e. The minimum Gasteiger partial charge on any atom is -0.454 e. The minimum atomic E-state index is -0.814. The van der Waals surface area contributed by atoms with E-state index in [0.717, 1.165) is 4.90 Å². The summed E-state index contributed by atoms with van der Waals surface area (Å²) in [6.45, 7) is 4.73. The van der Waals surface area contributed by atoms with Gasteiger partial charge in [-0.05, 0) is 24.3 Å². The zero-order valence-electron chi connectivity index (χ0n) is 15.9. The van der Waals surface area contributed by atoms with E-state index in [1.165, 1.54) is 24.3 Å². The first kappa shape index (κ1) is 21.0. The summed E-state index contributed by atoms with van der Waals surface area (Å²) in [6.07, 6.45) is 0. The van der Waals surface area contributed by atoms with Crippen LogP contribution in [0, 0.1) is 5.41 Å². The van der Waals surface area contributed by atoms with Gasteiger partial charge in [0, 0.05) is 5.41 Å². The van der Waals surface area contributed by atoms with Crippen LogP contribution in [0.1, 0.15) is 51.8 Å². The van der Waals surface area contributed by atoms with Gasteiger partial charge in [-0.25, -0.2) is 9.69 Å². The molecule has 6 nitrogen and oxygen atoms in total. The molecule has 0 aliphatic carbocycles. The van der Waals surface area contributed by atoms with E-state index in [4.69, 9.17) is 27.9 Å². The highest BCUT2D eigenvalue weighted by molar-refractivity contribution is 6.44. The van der Waals surface area contributed by atoms with Gasteiger partial charge in [-0.1, -0.05) is 56.1 Å². The van der Waals surface area contributed by atoms with Gasteiger partial charge < -0.3 is 4.74 Å². The predicted molar refractivity (Wildman–Crippen MR) is 109 cm³/mol. The molecule has 0 aromatic heterocycles. The van der Waals surface area contributed by atoms with Crippen molar-refractivity contribution in [1.29, 1.82) is 0 Å². The quantitative estimate of drug-likeness (QED) is 0.521. The van der Waals surface area contributed by atoms with E-state index >= 15 is 0 Å². The van der Waals surface area contributed by atoms with Crippen LogP contribution in [0.3, 0.4) is 0 Å². The van der Waals surface area contributed by atoms with Crippen LogP contribution in [0.25, 0.3) is 0 Å².